The first kappa shape index (κ1) is 15.9. The minimum absolute atomic E-state index is 0.228. The van der Waals surface area contributed by atoms with Gasteiger partial charge in [-0.05, 0) is 29.8 Å². The van der Waals surface area contributed by atoms with Gasteiger partial charge in [-0.25, -0.2) is 9.78 Å². The number of aromatic nitrogens is 1. The second-order valence-electron chi connectivity index (χ2n) is 5.34. The van der Waals surface area contributed by atoms with Crippen LogP contribution < -0.4 is 10.4 Å². The summed E-state index contributed by atoms with van der Waals surface area (Å²) in [6.07, 6.45) is 0. The summed E-state index contributed by atoms with van der Waals surface area (Å²) in [6, 6.07) is 14.7. The van der Waals surface area contributed by atoms with Crippen molar-refractivity contribution in [2.24, 2.45) is 0 Å². The predicted octanol–water partition coefficient (Wildman–Crippen LogP) is 5.25. The molecule has 0 atom stereocenters. The molecule has 0 saturated carbocycles. The Bertz CT molecular complexity index is 1120. The van der Waals surface area contributed by atoms with Gasteiger partial charge in [-0.1, -0.05) is 35.9 Å². The molecule has 0 bridgehead atoms. The Balaban J connectivity index is 1.87. The van der Waals surface area contributed by atoms with Crippen molar-refractivity contribution in [3.8, 4) is 28.3 Å². The minimum Gasteiger partial charge on any atom is -0.497 e. The first-order chi connectivity index (χ1) is 12.2. The summed E-state index contributed by atoms with van der Waals surface area (Å²) in [4.78, 5) is 17.7. The first-order valence-electron chi connectivity index (χ1n) is 7.49. The molecule has 0 aliphatic heterocycles. The summed E-state index contributed by atoms with van der Waals surface area (Å²) in [5, 5.41) is 2.88. The third-order valence-electron chi connectivity index (χ3n) is 3.87. The lowest BCUT2D eigenvalue weighted by atomic mass is 10.1. The molecule has 124 valence electrons. The number of hydrogen-bond donors (Lipinski definition) is 0. The molecule has 0 aliphatic rings. The number of fused-ring (bicyclic) bond motifs is 1. The summed E-state index contributed by atoms with van der Waals surface area (Å²) in [5.74, 6) is 0.987. The van der Waals surface area contributed by atoms with E-state index in [-0.39, 0.29) is 5.89 Å². The second kappa shape index (κ2) is 6.35. The molecule has 0 fully saturated rings. The molecule has 0 spiro atoms. The molecular weight excluding hydrogens is 358 g/mol. The van der Waals surface area contributed by atoms with Gasteiger partial charge < -0.3 is 9.15 Å². The fraction of sp³-hybridized carbons (Fsp3) is 0.0526. The molecule has 25 heavy (non-hydrogen) atoms. The van der Waals surface area contributed by atoms with Crippen molar-refractivity contribution in [3.63, 3.8) is 0 Å². The van der Waals surface area contributed by atoms with Crippen molar-refractivity contribution in [1.82, 2.24) is 4.98 Å². The summed E-state index contributed by atoms with van der Waals surface area (Å²) >= 11 is 7.58. The van der Waals surface area contributed by atoms with Crippen LogP contribution in [0, 0.1) is 0 Å². The van der Waals surface area contributed by atoms with Crippen LogP contribution in [-0.4, -0.2) is 12.1 Å². The van der Waals surface area contributed by atoms with Gasteiger partial charge >= 0.3 is 5.63 Å². The Morgan fingerprint density at radius 1 is 1.08 bits per heavy atom. The standard InChI is InChI=1S/C19H12ClNO3S/c1-23-12-8-6-11(7-9-12)14-10-25-18-16(14)19(22)24-17(21-18)13-4-2-3-5-15(13)20/h2-10H,1H3. The van der Waals surface area contributed by atoms with Crippen molar-refractivity contribution in [3.05, 3.63) is 69.4 Å². The Morgan fingerprint density at radius 3 is 2.56 bits per heavy atom. The maximum absolute atomic E-state index is 12.6. The van der Waals surface area contributed by atoms with Crippen molar-refractivity contribution < 1.29 is 9.15 Å². The number of hydrogen-bond acceptors (Lipinski definition) is 5. The number of methoxy groups -OCH3 is 1. The molecule has 0 unspecified atom stereocenters. The smallest absolute Gasteiger partial charge is 0.348 e. The highest BCUT2D eigenvalue weighted by atomic mass is 35.5. The number of ether oxygens (including phenoxy) is 1. The summed E-state index contributed by atoms with van der Waals surface area (Å²) in [7, 11) is 1.61. The van der Waals surface area contributed by atoms with Gasteiger partial charge in [0.15, 0.2) is 0 Å². The average molecular weight is 370 g/mol. The highest BCUT2D eigenvalue weighted by Crippen LogP contribution is 2.34. The zero-order valence-corrected chi connectivity index (χ0v) is 14.7. The van der Waals surface area contributed by atoms with Crippen LogP contribution in [0.5, 0.6) is 5.75 Å². The van der Waals surface area contributed by atoms with E-state index < -0.39 is 5.63 Å². The van der Waals surface area contributed by atoms with E-state index in [4.69, 9.17) is 20.8 Å². The van der Waals surface area contributed by atoms with Crippen molar-refractivity contribution in [2.75, 3.05) is 7.11 Å². The molecular formula is C19H12ClNO3S. The van der Waals surface area contributed by atoms with Crippen molar-refractivity contribution in [2.45, 2.75) is 0 Å². The molecule has 0 amide bonds. The van der Waals surface area contributed by atoms with E-state index in [9.17, 15) is 4.79 Å². The van der Waals surface area contributed by atoms with Crippen LogP contribution in [0.15, 0.2) is 63.1 Å². The molecule has 4 aromatic rings. The molecule has 4 rings (SSSR count). The van der Waals surface area contributed by atoms with E-state index in [0.717, 1.165) is 16.9 Å². The fourth-order valence-corrected chi connectivity index (χ4v) is 3.76. The van der Waals surface area contributed by atoms with E-state index in [1.54, 1.807) is 19.2 Å². The third kappa shape index (κ3) is 2.81. The number of rotatable bonds is 3. The maximum Gasteiger partial charge on any atom is 0.348 e. The minimum atomic E-state index is -0.424. The molecule has 6 heteroatoms. The number of thiophene rings is 1. The van der Waals surface area contributed by atoms with Crippen LogP contribution >= 0.6 is 22.9 Å². The van der Waals surface area contributed by atoms with E-state index in [2.05, 4.69) is 4.98 Å². The van der Waals surface area contributed by atoms with E-state index in [1.165, 1.54) is 11.3 Å². The van der Waals surface area contributed by atoms with E-state index >= 15 is 0 Å². The van der Waals surface area contributed by atoms with Gasteiger partial charge in [0.25, 0.3) is 0 Å². The van der Waals surface area contributed by atoms with Crippen LogP contribution in [0.1, 0.15) is 0 Å². The summed E-state index contributed by atoms with van der Waals surface area (Å²) in [6.45, 7) is 0. The topological polar surface area (TPSA) is 52.3 Å². The fourth-order valence-electron chi connectivity index (χ4n) is 2.61. The van der Waals surface area contributed by atoms with Gasteiger partial charge in [-0.15, -0.1) is 11.3 Å². The van der Waals surface area contributed by atoms with Crippen LogP contribution in [0.2, 0.25) is 5.02 Å². The molecule has 2 heterocycles. The molecule has 4 nitrogen and oxygen atoms in total. The lowest BCUT2D eigenvalue weighted by Crippen LogP contribution is -2.02. The summed E-state index contributed by atoms with van der Waals surface area (Å²) < 4.78 is 10.6. The number of benzene rings is 2. The van der Waals surface area contributed by atoms with Gasteiger partial charge in [0, 0.05) is 10.9 Å². The average Bonchev–Trinajstić information content (AvgIpc) is 3.07. The largest absolute Gasteiger partial charge is 0.497 e. The van der Waals surface area contributed by atoms with Gasteiger partial charge in [-0.2, -0.15) is 0 Å². The zero-order chi connectivity index (χ0) is 17.4. The van der Waals surface area contributed by atoms with Crippen LogP contribution in [0.25, 0.3) is 32.8 Å². The molecule has 0 saturated heterocycles. The normalized spacial score (nSPS) is 11.0. The van der Waals surface area contributed by atoms with Gasteiger partial charge in [-0.3, -0.25) is 0 Å². The number of halogens is 1. The van der Waals surface area contributed by atoms with E-state index in [0.29, 0.717) is 20.8 Å². The van der Waals surface area contributed by atoms with E-state index in [1.807, 2.05) is 41.8 Å². The first-order valence-corrected chi connectivity index (χ1v) is 8.75. The lowest BCUT2D eigenvalue weighted by molar-refractivity contribution is 0.415. The molecule has 0 radical (unpaired) electrons. The van der Waals surface area contributed by atoms with Crippen LogP contribution in [0.4, 0.5) is 0 Å². The van der Waals surface area contributed by atoms with Crippen LogP contribution in [0.3, 0.4) is 0 Å². The highest BCUT2D eigenvalue weighted by Gasteiger charge is 2.16. The quantitative estimate of drug-likeness (QED) is 0.495. The van der Waals surface area contributed by atoms with Gasteiger partial charge in [0.1, 0.15) is 16.0 Å². The SMILES string of the molecule is COc1ccc(-c2csc3nc(-c4ccccc4Cl)oc(=O)c23)cc1. The van der Waals surface area contributed by atoms with Gasteiger partial charge in [0.05, 0.1) is 17.7 Å². The third-order valence-corrected chi connectivity index (χ3v) is 5.08. The molecule has 2 aromatic heterocycles. The maximum atomic E-state index is 12.6. The van der Waals surface area contributed by atoms with Crippen molar-refractivity contribution >= 4 is 33.2 Å². The Labute approximate surface area is 152 Å². The van der Waals surface area contributed by atoms with Gasteiger partial charge in [0.2, 0.25) is 5.89 Å². The predicted molar refractivity (Wildman–Crippen MR) is 101 cm³/mol. The summed E-state index contributed by atoms with van der Waals surface area (Å²) in [5.41, 5.74) is 1.89. The zero-order valence-electron chi connectivity index (χ0n) is 13.2. The van der Waals surface area contributed by atoms with Crippen LogP contribution in [-0.2, 0) is 0 Å². The monoisotopic (exact) mass is 369 g/mol. The Kier molecular flexibility index (Phi) is 4.03. The Morgan fingerprint density at radius 2 is 1.84 bits per heavy atom. The van der Waals surface area contributed by atoms with Crippen molar-refractivity contribution in [1.29, 1.82) is 0 Å². The molecule has 0 N–H and O–H groups in total. The second-order valence-corrected chi connectivity index (χ2v) is 6.61. The lowest BCUT2D eigenvalue weighted by Gasteiger charge is -2.03. The number of nitrogens with zero attached hydrogens (tertiary/aromatic N) is 1. The molecule has 0 aliphatic carbocycles. The Hall–Kier alpha value is -2.63. The highest BCUT2D eigenvalue weighted by molar-refractivity contribution is 7.17. The molecule has 2 aromatic carbocycles.